The van der Waals surface area contributed by atoms with Crippen molar-refractivity contribution in [2.75, 3.05) is 6.61 Å². The van der Waals surface area contributed by atoms with Gasteiger partial charge < -0.3 is 25.2 Å². The summed E-state index contributed by atoms with van der Waals surface area (Å²) >= 11 is 0. The summed E-state index contributed by atoms with van der Waals surface area (Å²) in [7, 11) is 0. The second-order valence-electron chi connectivity index (χ2n) is 3.03. The highest BCUT2D eigenvalue weighted by molar-refractivity contribution is 4.89. The summed E-state index contributed by atoms with van der Waals surface area (Å²) in [6.07, 6.45) is -4.94. The Morgan fingerprint density at radius 3 is 2.17 bits per heavy atom. The largest absolute Gasteiger partial charge is 0.394 e. The molecule has 1 heterocycles. The van der Waals surface area contributed by atoms with Crippen LogP contribution in [0, 0.1) is 0 Å². The first-order valence-electron chi connectivity index (χ1n) is 3.88. The van der Waals surface area contributed by atoms with Gasteiger partial charge in [-0.1, -0.05) is 0 Å². The summed E-state index contributed by atoms with van der Waals surface area (Å²) in [4.78, 5) is 0. The summed E-state index contributed by atoms with van der Waals surface area (Å²) in [5, 5.41) is 36.4. The van der Waals surface area contributed by atoms with Crippen LogP contribution in [0.15, 0.2) is 0 Å². The van der Waals surface area contributed by atoms with Crippen molar-refractivity contribution < 1.29 is 25.2 Å². The molecule has 0 aliphatic carbocycles. The lowest BCUT2D eigenvalue weighted by atomic mass is 9.96. The average Bonchev–Trinajstić information content (AvgIpc) is 2.08. The fourth-order valence-electron chi connectivity index (χ4n) is 1.29. The zero-order valence-corrected chi connectivity index (χ0v) is 6.79. The van der Waals surface area contributed by atoms with Gasteiger partial charge >= 0.3 is 0 Å². The van der Waals surface area contributed by atoms with E-state index in [0.717, 1.165) is 0 Å². The predicted molar refractivity (Wildman–Crippen MR) is 39.4 cm³/mol. The Hall–Kier alpha value is -0.200. The van der Waals surface area contributed by atoms with Gasteiger partial charge in [0.05, 0.1) is 12.7 Å². The van der Waals surface area contributed by atoms with Crippen LogP contribution in [0.3, 0.4) is 0 Å². The normalized spacial score (nSPS) is 49.2. The molecule has 1 aliphatic rings. The van der Waals surface area contributed by atoms with Crippen molar-refractivity contribution in [3.8, 4) is 0 Å². The zero-order valence-electron chi connectivity index (χ0n) is 6.79. The highest BCUT2D eigenvalue weighted by Crippen LogP contribution is 2.20. The van der Waals surface area contributed by atoms with E-state index in [-0.39, 0.29) is 6.61 Å². The molecule has 1 rings (SSSR count). The molecule has 0 aromatic carbocycles. The van der Waals surface area contributed by atoms with Crippen molar-refractivity contribution in [3.63, 3.8) is 0 Å². The molecule has 4 N–H and O–H groups in total. The topological polar surface area (TPSA) is 90.2 Å². The van der Waals surface area contributed by atoms with Crippen LogP contribution in [-0.2, 0) is 4.74 Å². The molecule has 0 aromatic rings. The van der Waals surface area contributed by atoms with Gasteiger partial charge in [0.25, 0.3) is 0 Å². The van der Waals surface area contributed by atoms with Crippen molar-refractivity contribution >= 4 is 0 Å². The molecule has 0 radical (unpaired) electrons. The number of aliphatic hydroxyl groups excluding tert-OH is 4. The summed E-state index contributed by atoms with van der Waals surface area (Å²) < 4.78 is 5.02. The second kappa shape index (κ2) is 3.68. The number of hydrogen-bond donors (Lipinski definition) is 4. The van der Waals surface area contributed by atoms with Crippen molar-refractivity contribution in [2.24, 2.45) is 0 Å². The number of aliphatic hydroxyl groups is 4. The summed E-state index contributed by atoms with van der Waals surface area (Å²) in [5.74, 6) is 0. The minimum Gasteiger partial charge on any atom is -0.394 e. The first-order valence-corrected chi connectivity index (χ1v) is 3.88. The standard InChI is InChI=1S/C7H14O5/c1-3-5(9)7(11)6(10)4(2-8)12-3/h3-11H,2H2,1H3/t3?,4?,5?,6-,7-/m1/s1. The first kappa shape index (κ1) is 9.88. The van der Waals surface area contributed by atoms with Gasteiger partial charge in [0.2, 0.25) is 0 Å². The molecule has 1 aliphatic heterocycles. The smallest absolute Gasteiger partial charge is 0.111 e. The van der Waals surface area contributed by atoms with E-state index < -0.39 is 30.5 Å². The molecule has 0 spiro atoms. The molecule has 5 atom stereocenters. The molecule has 0 saturated carbocycles. The van der Waals surface area contributed by atoms with Crippen LogP contribution in [0.25, 0.3) is 0 Å². The van der Waals surface area contributed by atoms with Gasteiger partial charge in [-0.2, -0.15) is 0 Å². The SMILES string of the molecule is CC1OC(CO)[C@@H](O)[C@H](O)C1O. The molecular weight excluding hydrogens is 164 g/mol. The van der Waals surface area contributed by atoms with E-state index in [9.17, 15) is 15.3 Å². The minimum atomic E-state index is -1.24. The lowest BCUT2D eigenvalue weighted by molar-refractivity contribution is -0.224. The summed E-state index contributed by atoms with van der Waals surface area (Å²) in [6, 6.07) is 0. The summed E-state index contributed by atoms with van der Waals surface area (Å²) in [6.45, 7) is 1.21. The van der Waals surface area contributed by atoms with Crippen molar-refractivity contribution in [2.45, 2.75) is 37.4 Å². The van der Waals surface area contributed by atoms with E-state index in [1.165, 1.54) is 0 Å². The predicted octanol–water partition coefficient (Wildman–Crippen LogP) is -2.15. The highest BCUT2D eigenvalue weighted by Gasteiger charge is 2.41. The van der Waals surface area contributed by atoms with Crippen LogP contribution in [0.2, 0.25) is 0 Å². The van der Waals surface area contributed by atoms with Crippen molar-refractivity contribution in [1.29, 1.82) is 0 Å². The van der Waals surface area contributed by atoms with Gasteiger partial charge in [-0.25, -0.2) is 0 Å². The second-order valence-corrected chi connectivity index (χ2v) is 3.03. The maximum Gasteiger partial charge on any atom is 0.111 e. The molecule has 0 bridgehead atoms. The molecule has 1 fully saturated rings. The Kier molecular flexibility index (Phi) is 3.03. The molecule has 5 heteroatoms. The molecular formula is C7H14O5. The van der Waals surface area contributed by atoms with E-state index in [0.29, 0.717) is 0 Å². The van der Waals surface area contributed by atoms with E-state index in [1.807, 2.05) is 0 Å². The van der Waals surface area contributed by atoms with Gasteiger partial charge in [-0.3, -0.25) is 0 Å². The minimum absolute atomic E-state index is 0.366. The molecule has 5 nitrogen and oxygen atoms in total. The molecule has 72 valence electrons. The monoisotopic (exact) mass is 178 g/mol. The van der Waals surface area contributed by atoms with E-state index >= 15 is 0 Å². The van der Waals surface area contributed by atoms with Crippen LogP contribution in [0.1, 0.15) is 6.92 Å². The third-order valence-electron chi connectivity index (χ3n) is 2.13. The Labute approximate surface area is 70.2 Å². The quantitative estimate of drug-likeness (QED) is 0.367. The van der Waals surface area contributed by atoms with Gasteiger partial charge in [0, 0.05) is 0 Å². The van der Waals surface area contributed by atoms with Crippen LogP contribution in [0.4, 0.5) is 0 Å². The van der Waals surface area contributed by atoms with Gasteiger partial charge in [0.1, 0.15) is 24.4 Å². The summed E-state index contributed by atoms with van der Waals surface area (Å²) in [5.41, 5.74) is 0. The molecule has 12 heavy (non-hydrogen) atoms. The van der Waals surface area contributed by atoms with Crippen LogP contribution < -0.4 is 0 Å². The lowest BCUT2D eigenvalue weighted by Crippen LogP contribution is -2.57. The Bertz CT molecular complexity index is 146. The molecule has 1 saturated heterocycles. The van der Waals surface area contributed by atoms with E-state index in [4.69, 9.17) is 9.84 Å². The average molecular weight is 178 g/mol. The number of ether oxygens (including phenoxy) is 1. The fraction of sp³-hybridized carbons (Fsp3) is 1.00. The Morgan fingerprint density at radius 1 is 1.08 bits per heavy atom. The van der Waals surface area contributed by atoms with Gasteiger partial charge in [0.15, 0.2) is 0 Å². The lowest BCUT2D eigenvalue weighted by Gasteiger charge is -2.38. The van der Waals surface area contributed by atoms with E-state index in [2.05, 4.69) is 0 Å². The van der Waals surface area contributed by atoms with Crippen molar-refractivity contribution in [1.82, 2.24) is 0 Å². The fourth-order valence-corrected chi connectivity index (χ4v) is 1.29. The Morgan fingerprint density at radius 2 is 1.67 bits per heavy atom. The molecule has 0 aromatic heterocycles. The maximum atomic E-state index is 9.23. The zero-order chi connectivity index (χ0) is 9.30. The third kappa shape index (κ3) is 1.60. The maximum absolute atomic E-state index is 9.23. The molecule has 3 unspecified atom stereocenters. The van der Waals surface area contributed by atoms with Crippen molar-refractivity contribution in [3.05, 3.63) is 0 Å². The van der Waals surface area contributed by atoms with Gasteiger partial charge in [-0.15, -0.1) is 0 Å². The third-order valence-corrected chi connectivity index (χ3v) is 2.13. The van der Waals surface area contributed by atoms with Crippen LogP contribution in [-0.4, -0.2) is 57.6 Å². The van der Waals surface area contributed by atoms with Crippen LogP contribution >= 0.6 is 0 Å². The first-order chi connectivity index (χ1) is 5.57. The highest BCUT2D eigenvalue weighted by atomic mass is 16.5. The molecule has 0 amide bonds. The number of rotatable bonds is 1. The van der Waals surface area contributed by atoms with Crippen LogP contribution in [0.5, 0.6) is 0 Å². The Balaban J connectivity index is 2.63. The van der Waals surface area contributed by atoms with Gasteiger partial charge in [-0.05, 0) is 6.92 Å². The van der Waals surface area contributed by atoms with E-state index in [1.54, 1.807) is 6.92 Å². The number of hydrogen-bond acceptors (Lipinski definition) is 5.